The first-order chi connectivity index (χ1) is 8.61. The zero-order valence-electron chi connectivity index (χ0n) is 13.2. The van der Waals surface area contributed by atoms with Crippen LogP contribution >= 0.6 is 0 Å². The van der Waals surface area contributed by atoms with E-state index < -0.39 is 0 Å². The van der Waals surface area contributed by atoms with Crippen molar-refractivity contribution in [1.82, 2.24) is 10.2 Å². The molecule has 108 valence electrons. The molecule has 0 amide bonds. The monoisotopic (exact) mass is 254 g/mol. The van der Waals surface area contributed by atoms with Gasteiger partial charge in [0.05, 0.1) is 0 Å². The van der Waals surface area contributed by atoms with Crippen LogP contribution in [0.2, 0.25) is 0 Å². The molecule has 1 heterocycles. The molecule has 1 N–H and O–H groups in total. The first kappa shape index (κ1) is 16.0. The third kappa shape index (κ3) is 4.24. The molecule has 0 aromatic heterocycles. The Morgan fingerprint density at radius 2 is 1.94 bits per heavy atom. The lowest BCUT2D eigenvalue weighted by Gasteiger charge is -2.46. The fourth-order valence-corrected chi connectivity index (χ4v) is 3.30. The topological polar surface area (TPSA) is 15.3 Å². The normalized spacial score (nSPS) is 31.5. The van der Waals surface area contributed by atoms with Crippen LogP contribution < -0.4 is 5.32 Å². The van der Waals surface area contributed by atoms with Crippen molar-refractivity contribution in [3.05, 3.63) is 0 Å². The molecule has 0 aromatic carbocycles. The van der Waals surface area contributed by atoms with Crippen LogP contribution in [0.4, 0.5) is 0 Å². The number of hydrogen-bond donors (Lipinski definition) is 1. The van der Waals surface area contributed by atoms with Crippen LogP contribution in [0.25, 0.3) is 0 Å². The van der Waals surface area contributed by atoms with E-state index in [0.717, 1.165) is 24.0 Å². The summed E-state index contributed by atoms with van der Waals surface area (Å²) in [5.41, 5.74) is 0. The van der Waals surface area contributed by atoms with E-state index in [2.05, 4.69) is 44.8 Å². The average Bonchev–Trinajstić information content (AvgIpc) is 2.37. The molecule has 4 atom stereocenters. The molecular weight excluding hydrogens is 220 g/mol. The number of hydrogen-bond acceptors (Lipinski definition) is 2. The van der Waals surface area contributed by atoms with Crippen molar-refractivity contribution >= 4 is 0 Å². The number of nitrogens with one attached hydrogen (secondary N) is 1. The maximum Gasteiger partial charge on any atom is 0.0120 e. The predicted octanol–water partition coefficient (Wildman–Crippen LogP) is 3.66. The molecule has 0 bridgehead atoms. The number of unbranched alkanes of at least 4 members (excludes halogenated alkanes) is 1. The Labute approximate surface area is 115 Å². The van der Waals surface area contributed by atoms with E-state index in [-0.39, 0.29) is 0 Å². The lowest BCUT2D eigenvalue weighted by Crippen LogP contribution is -2.55. The van der Waals surface area contributed by atoms with Gasteiger partial charge in [0.15, 0.2) is 0 Å². The molecule has 0 spiro atoms. The van der Waals surface area contributed by atoms with Crippen LogP contribution in [0.5, 0.6) is 0 Å². The minimum atomic E-state index is 0.722. The third-order valence-corrected chi connectivity index (χ3v) is 4.82. The minimum Gasteiger partial charge on any atom is -0.314 e. The van der Waals surface area contributed by atoms with Gasteiger partial charge in [0.25, 0.3) is 0 Å². The van der Waals surface area contributed by atoms with Gasteiger partial charge in [0.2, 0.25) is 0 Å². The zero-order chi connectivity index (χ0) is 13.5. The fraction of sp³-hybridized carbons (Fsp3) is 1.00. The molecule has 4 unspecified atom stereocenters. The summed E-state index contributed by atoms with van der Waals surface area (Å²) in [4.78, 5) is 2.74. The van der Waals surface area contributed by atoms with E-state index in [4.69, 9.17) is 0 Å². The number of likely N-dealkylation sites (tertiary alicyclic amines) is 1. The van der Waals surface area contributed by atoms with Crippen molar-refractivity contribution < 1.29 is 0 Å². The summed E-state index contributed by atoms with van der Waals surface area (Å²) in [7, 11) is 0. The molecule has 0 saturated carbocycles. The van der Waals surface area contributed by atoms with Crippen LogP contribution in [0, 0.1) is 5.92 Å². The molecule has 1 aliphatic heterocycles. The van der Waals surface area contributed by atoms with Crippen LogP contribution in [0.15, 0.2) is 0 Å². The van der Waals surface area contributed by atoms with E-state index in [1.54, 1.807) is 0 Å². The summed E-state index contributed by atoms with van der Waals surface area (Å²) < 4.78 is 0. The molecule has 0 aromatic rings. The molecule has 1 fully saturated rings. The smallest absolute Gasteiger partial charge is 0.0120 e. The van der Waals surface area contributed by atoms with Crippen LogP contribution in [0.1, 0.15) is 66.7 Å². The molecule has 2 heteroatoms. The molecule has 1 aliphatic rings. The SMILES string of the molecule is CCCCC(C)N1CCC(NCCC)C(C)C1C. The van der Waals surface area contributed by atoms with E-state index in [0.29, 0.717) is 0 Å². The zero-order valence-corrected chi connectivity index (χ0v) is 13.2. The van der Waals surface area contributed by atoms with Crippen molar-refractivity contribution in [3.8, 4) is 0 Å². The molecule has 18 heavy (non-hydrogen) atoms. The van der Waals surface area contributed by atoms with Crippen molar-refractivity contribution in [2.75, 3.05) is 13.1 Å². The highest BCUT2D eigenvalue weighted by molar-refractivity contribution is 4.90. The van der Waals surface area contributed by atoms with Crippen molar-refractivity contribution in [2.24, 2.45) is 5.92 Å². The van der Waals surface area contributed by atoms with Gasteiger partial charge in [-0.3, -0.25) is 4.90 Å². The molecule has 1 rings (SSSR count). The van der Waals surface area contributed by atoms with Gasteiger partial charge in [-0.1, -0.05) is 33.6 Å². The number of piperidine rings is 1. The summed E-state index contributed by atoms with van der Waals surface area (Å²) in [6, 6.07) is 2.21. The Bertz CT molecular complexity index is 217. The Morgan fingerprint density at radius 3 is 2.56 bits per heavy atom. The highest BCUT2D eigenvalue weighted by Crippen LogP contribution is 2.26. The van der Waals surface area contributed by atoms with Gasteiger partial charge in [-0.15, -0.1) is 0 Å². The quantitative estimate of drug-likeness (QED) is 0.746. The lowest BCUT2D eigenvalue weighted by molar-refractivity contribution is 0.0491. The van der Waals surface area contributed by atoms with Gasteiger partial charge in [-0.25, -0.2) is 0 Å². The van der Waals surface area contributed by atoms with Crippen molar-refractivity contribution in [3.63, 3.8) is 0 Å². The summed E-state index contributed by atoms with van der Waals surface area (Å²) in [5, 5.41) is 3.73. The largest absolute Gasteiger partial charge is 0.314 e. The van der Waals surface area contributed by atoms with E-state index in [9.17, 15) is 0 Å². The predicted molar refractivity (Wildman–Crippen MR) is 81.0 cm³/mol. The van der Waals surface area contributed by atoms with E-state index in [1.165, 1.54) is 45.2 Å². The van der Waals surface area contributed by atoms with Crippen LogP contribution in [0.3, 0.4) is 0 Å². The van der Waals surface area contributed by atoms with E-state index in [1.807, 2.05) is 0 Å². The number of nitrogens with zero attached hydrogens (tertiary/aromatic N) is 1. The summed E-state index contributed by atoms with van der Waals surface area (Å²) in [6.45, 7) is 14.3. The maximum absolute atomic E-state index is 3.73. The Kier molecular flexibility index (Phi) is 7.25. The summed E-state index contributed by atoms with van der Waals surface area (Å²) >= 11 is 0. The van der Waals surface area contributed by atoms with Crippen molar-refractivity contribution in [1.29, 1.82) is 0 Å². The lowest BCUT2D eigenvalue weighted by atomic mass is 9.85. The van der Waals surface area contributed by atoms with Crippen LogP contribution in [-0.2, 0) is 0 Å². The van der Waals surface area contributed by atoms with Gasteiger partial charge in [-0.05, 0) is 45.6 Å². The van der Waals surface area contributed by atoms with Gasteiger partial charge >= 0.3 is 0 Å². The highest BCUT2D eigenvalue weighted by atomic mass is 15.2. The second kappa shape index (κ2) is 8.16. The molecule has 0 radical (unpaired) electrons. The summed E-state index contributed by atoms with van der Waals surface area (Å²) in [5.74, 6) is 0.773. The first-order valence-electron chi connectivity index (χ1n) is 8.10. The Balaban J connectivity index is 2.46. The molecule has 0 aliphatic carbocycles. The second-order valence-electron chi connectivity index (χ2n) is 6.18. The van der Waals surface area contributed by atoms with E-state index >= 15 is 0 Å². The Morgan fingerprint density at radius 1 is 1.22 bits per heavy atom. The standard InChI is InChI=1S/C16H34N2/c1-6-8-9-13(3)18-12-10-16(17-11-7-2)14(4)15(18)5/h13-17H,6-12H2,1-5H3. The average molecular weight is 254 g/mol. The van der Waals surface area contributed by atoms with Gasteiger partial charge in [0, 0.05) is 24.7 Å². The number of rotatable bonds is 7. The fourth-order valence-electron chi connectivity index (χ4n) is 3.30. The molecular formula is C16H34N2. The van der Waals surface area contributed by atoms with Gasteiger partial charge in [0.1, 0.15) is 0 Å². The second-order valence-corrected chi connectivity index (χ2v) is 6.18. The van der Waals surface area contributed by atoms with Crippen molar-refractivity contribution in [2.45, 2.75) is 84.8 Å². The van der Waals surface area contributed by atoms with Gasteiger partial charge < -0.3 is 5.32 Å². The van der Waals surface area contributed by atoms with Crippen LogP contribution in [-0.4, -0.2) is 36.1 Å². The minimum absolute atomic E-state index is 0.722. The Hall–Kier alpha value is -0.0800. The maximum atomic E-state index is 3.73. The highest BCUT2D eigenvalue weighted by Gasteiger charge is 2.33. The third-order valence-electron chi connectivity index (χ3n) is 4.82. The van der Waals surface area contributed by atoms with Gasteiger partial charge in [-0.2, -0.15) is 0 Å². The summed E-state index contributed by atoms with van der Waals surface area (Å²) in [6.07, 6.45) is 6.62. The molecule has 2 nitrogen and oxygen atoms in total. The molecule has 1 saturated heterocycles. The first-order valence-corrected chi connectivity index (χ1v) is 8.10.